The Morgan fingerprint density at radius 2 is 1.94 bits per heavy atom. The quantitative estimate of drug-likeness (QED) is 0.497. The molecule has 5 rings (SSSR count). The zero-order valence-electron chi connectivity index (χ0n) is 19.6. The lowest BCUT2D eigenvalue weighted by Crippen LogP contribution is -2.61. The average molecular weight is 505 g/mol. The molecule has 1 aromatic rings. The maximum atomic E-state index is 12.9. The maximum Gasteiger partial charge on any atom is 0.243 e. The van der Waals surface area contributed by atoms with Crippen molar-refractivity contribution in [2.45, 2.75) is 48.3 Å². The first-order valence-electron chi connectivity index (χ1n) is 12.2. The molecule has 3 N–H and O–H groups in total. The van der Waals surface area contributed by atoms with Gasteiger partial charge in [-0.05, 0) is 43.5 Å². The third-order valence-corrected chi connectivity index (χ3v) is 9.34. The van der Waals surface area contributed by atoms with Gasteiger partial charge in [0.25, 0.3) is 0 Å². The lowest BCUT2D eigenvalue weighted by molar-refractivity contribution is -0.130. The van der Waals surface area contributed by atoms with Crippen LogP contribution in [0.15, 0.2) is 29.2 Å². The third kappa shape index (κ3) is 4.64. The Balaban J connectivity index is 1.35. The van der Waals surface area contributed by atoms with Crippen LogP contribution in [0.1, 0.15) is 25.7 Å². The Bertz CT molecular complexity index is 1060. The molecular formula is C23H32N6O5S. The van der Waals surface area contributed by atoms with Gasteiger partial charge in [0.05, 0.1) is 48.7 Å². The van der Waals surface area contributed by atoms with Crippen molar-refractivity contribution in [1.29, 1.82) is 5.26 Å². The summed E-state index contributed by atoms with van der Waals surface area (Å²) >= 11 is 0. The maximum absolute atomic E-state index is 12.9. The number of morpholine rings is 1. The summed E-state index contributed by atoms with van der Waals surface area (Å²) in [6.45, 7) is 3.18. The number of carbonyl (C=O) groups is 1. The molecule has 0 saturated carbocycles. The van der Waals surface area contributed by atoms with Crippen molar-refractivity contribution in [2.24, 2.45) is 5.92 Å². The number of nitrogens with zero attached hydrogens (tertiary/aromatic N) is 3. The van der Waals surface area contributed by atoms with Gasteiger partial charge in [-0.15, -0.1) is 0 Å². The number of nitrogens with one attached hydrogen (secondary N) is 3. The number of piperidine rings is 1. The smallest absolute Gasteiger partial charge is 0.243 e. The summed E-state index contributed by atoms with van der Waals surface area (Å²) in [5.74, 6) is -0.401. The number of benzene rings is 1. The molecule has 4 fully saturated rings. The van der Waals surface area contributed by atoms with Crippen LogP contribution in [-0.2, 0) is 24.3 Å². The van der Waals surface area contributed by atoms with Gasteiger partial charge in [-0.2, -0.15) is 9.57 Å². The predicted octanol–water partition coefficient (Wildman–Crippen LogP) is 0.233. The fourth-order valence-electron chi connectivity index (χ4n) is 5.65. The molecule has 1 aromatic carbocycles. The van der Waals surface area contributed by atoms with Crippen molar-refractivity contribution in [3.63, 3.8) is 0 Å². The van der Waals surface area contributed by atoms with Gasteiger partial charge in [0.1, 0.15) is 6.17 Å². The molecular weight excluding hydrogens is 472 g/mol. The van der Waals surface area contributed by atoms with Gasteiger partial charge in [-0.3, -0.25) is 4.79 Å². The summed E-state index contributed by atoms with van der Waals surface area (Å²) < 4.78 is 38.3. The first-order chi connectivity index (χ1) is 16.9. The molecule has 1 amide bonds. The number of nitriles is 1. The molecule has 3 unspecified atom stereocenters. The summed E-state index contributed by atoms with van der Waals surface area (Å²) in [4.78, 5) is 13.1. The summed E-state index contributed by atoms with van der Waals surface area (Å²) in [7, 11) is -3.58. The monoisotopic (exact) mass is 504 g/mol. The third-order valence-electron chi connectivity index (χ3n) is 7.43. The molecule has 4 saturated heterocycles. The van der Waals surface area contributed by atoms with Crippen LogP contribution in [0.5, 0.6) is 0 Å². The number of hydrogen-bond donors (Lipinski definition) is 3. The fraction of sp³-hybridized carbons (Fsp3) is 0.652. The summed E-state index contributed by atoms with van der Waals surface area (Å²) in [5, 5.41) is 18.0. The first-order valence-corrected chi connectivity index (χ1v) is 13.6. The van der Waals surface area contributed by atoms with Crippen molar-refractivity contribution >= 4 is 21.6 Å². The van der Waals surface area contributed by atoms with E-state index in [-0.39, 0.29) is 22.8 Å². The highest BCUT2D eigenvalue weighted by Crippen LogP contribution is 2.39. The molecule has 4 heterocycles. The zero-order chi connectivity index (χ0) is 24.5. The molecule has 11 nitrogen and oxygen atoms in total. The highest BCUT2D eigenvalue weighted by Gasteiger charge is 2.54. The standard InChI is InChI=1S/C23H32N6O5S/c24-9-8-23(7-1-13-34-16-23)29-19-6-10-25-22(30)20(19)21(27-29)26-17-2-4-18(5-3-17)35(31,32)28-11-14-33-15-12-28/h2-5,19-21,26-27H,1,6-8,10-16H2,(H,25,30)/t19?,20?,21?,23-/m0/s1. The molecule has 4 aliphatic rings. The molecule has 0 spiro atoms. The van der Waals surface area contributed by atoms with E-state index in [1.807, 2.05) is 0 Å². The molecule has 0 bridgehead atoms. The predicted molar refractivity (Wildman–Crippen MR) is 126 cm³/mol. The summed E-state index contributed by atoms with van der Waals surface area (Å²) in [6, 6.07) is 8.87. The van der Waals surface area contributed by atoms with Crippen molar-refractivity contribution in [3.8, 4) is 6.07 Å². The van der Waals surface area contributed by atoms with E-state index in [1.165, 1.54) is 4.31 Å². The minimum Gasteiger partial charge on any atom is -0.379 e. The lowest BCUT2D eigenvalue weighted by atomic mass is 9.84. The average Bonchev–Trinajstić information content (AvgIpc) is 3.26. The van der Waals surface area contributed by atoms with E-state index in [0.29, 0.717) is 58.2 Å². The van der Waals surface area contributed by atoms with Crippen LogP contribution in [0.2, 0.25) is 0 Å². The molecule has 0 radical (unpaired) electrons. The first kappa shape index (κ1) is 24.4. The SMILES string of the molecule is N#CC[C@@]1(N2NC(Nc3ccc(S(=O)(=O)N4CCOCC4)cc3)C3C(=O)NCCC32)CCCOC1. The second-order valence-electron chi connectivity index (χ2n) is 9.55. The van der Waals surface area contributed by atoms with E-state index in [4.69, 9.17) is 9.47 Å². The zero-order valence-corrected chi connectivity index (χ0v) is 20.4. The normalized spacial score (nSPS) is 32.4. The topological polar surface area (TPSA) is 136 Å². The van der Waals surface area contributed by atoms with Gasteiger partial charge in [0, 0.05) is 38.0 Å². The number of hydrogen-bond acceptors (Lipinski definition) is 9. The summed E-state index contributed by atoms with van der Waals surface area (Å²) in [6.07, 6.45) is 2.36. The van der Waals surface area contributed by atoms with Crippen LogP contribution >= 0.6 is 0 Å². The van der Waals surface area contributed by atoms with E-state index in [0.717, 1.165) is 19.3 Å². The molecule has 190 valence electrons. The van der Waals surface area contributed by atoms with Gasteiger partial charge in [-0.25, -0.2) is 18.9 Å². The number of ether oxygens (including phenoxy) is 2. The molecule has 35 heavy (non-hydrogen) atoms. The second-order valence-corrected chi connectivity index (χ2v) is 11.5. The van der Waals surface area contributed by atoms with E-state index >= 15 is 0 Å². The molecule has 12 heteroatoms. The van der Waals surface area contributed by atoms with Crippen LogP contribution in [-0.4, -0.2) is 87.4 Å². The van der Waals surface area contributed by atoms with Crippen molar-refractivity contribution in [1.82, 2.24) is 20.1 Å². The Labute approximate surface area is 205 Å². The number of carbonyl (C=O) groups excluding carboxylic acids is 1. The fourth-order valence-corrected chi connectivity index (χ4v) is 7.06. The Morgan fingerprint density at radius 1 is 1.17 bits per heavy atom. The van der Waals surface area contributed by atoms with E-state index in [2.05, 4.69) is 27.1 Å². The van der Waals surface area contributed by atoms with Crippen molar-refractivity contribution in [3.05, 3.63) is 24.3 Å². The van der Waals surface area contributed by atoms with Gasteiger partial charge in [0.15, 0.2) is 0 Å². The molecule has 4 aliphatic heterocycles. The lowest BCUT2D eigenvalue weighted by Gasteiger charge is -2.46. The number of amides is 1. The number of anilines is 1. The Morgan fingerprint density at radius 3 is 2.63 bits per heavy atom. The Kier molecular flexibility index (Phi) is 6.98. The number of rotatable bonds is 6. The number of sulfonamides is 1. The van der Waals surface area contributed by atoms with Gasteiger partial charge in [-0.1, -0.05) is 0 Å². The minimum absolute atomic E-state index is 0.0379. The molecule has 0 aliphatic carbocycles. The minimum atomic E-state index is -3.58. The van der Waals surface area contributed by atoms with Crippen LogP contribution in [0.3, 0.4) is 0 Å². The van der Waals surface area contributed by atoms with Crippen molar-refractivity contribution in [2.75, 3.05) is 51.4 Å². The van der Waals surface area contributed by atoms with E-state index in [9.17, 15) is 18.5 Å². The van der Waals surface area contributed by atoms with E-state index in [1.54, 1.807) is 24.3 Å². The summed E-state index contributed by atoms with van der Waals surface area (Å²) in [5.41, 5.74) is 3.71. The molecule has 4 atom stereocenters. The van der Waals surface area contributed by atoms with Crippen LogP contribution in [0.4, 0.5) is 5.69 Å². The van der Waals surface area contributed by atoms with Gasteiger partial charge >= 0.3 is 0 Å². The number of hydrazine groups is 1. The highest BCUT2D eigenvalue weighted by atomic mass is 32.2. The van der Waals surface area contributed by atoms with Crippen LogP contribution in [0, 0.1) is 17.2 Å². The van der Waals surface area contributed by atoms with Gasteiger partial charge < -0.3 is 20.1 Å². The largest absolute Gasteiger partial charge is 0.379 e. The highest BCUT2D eigenvalue weighted by molar-refractivity contribution is 7.89. The number of fused-ring (bicyclic) bond motifs is 1. The van der Waals surface area contributed by atoms with Crippen molar-refractivity contribution < 1.29 is 22.7 Å². The van der Waals surface area contributed by atoms with Crippen LogP contribution in [0.25, 0.3) is 0 Å². The second kappa shape index (κ2) is 10.0. The van der Waals surface area contributed by atoms with Gasteiger partial charge in [0.2, 0.25) is 15.9 Å². The van der Waals surface area contributed by atoms with Crippen LogP contribution < -0.4 is 16.1 Å². The Hall–Kier alpha value is -2.27. The molecule has 0 aromatic heterocycles. The van der Waals surface area contributed by atoms with E-state index < -0.39 is 21.7 Å².